The average Bonchev–Trinajstić information content (AvgIpc) is 2.46. The number of fused-ring (bicyclic) bond motifs is 1. The van der Waals surface area contributed by atoms with Crippen molar-refractivity contribution in [3.05, 3.63) is 39.3 Å². The van der Waals surface area contributed by atoms with E-state index in [9.17, 15) is 9.59 Å². The maximum absolute atomic E-state index is 12.6. The summed E-state index contributed by atoms with van der Waals surface area (Å²) in [5.41, 5.74) is 2.05. The molecule has 104 valence electrons. The second-order valence-corrected chi connectivity index (χ2v) is 6.01. The third-order valence-corrected chi connectivity index (χ3v) is 4.63. The summed E-state index contributed by atoms with van der Waals surface area (Å²) >= 11 is 3.33. The Balaban J connectivity index is 2.03. The summed E-state index contributed by atoms with van der Waals surface area (Å²) in [6.45, 7) is 3.54. The molecule has 1 aromatic heterocycles. The van der Waals surface area contributed by atoms with Crippen molar-refractivity contribution in [1.29, 1.82) is 0 Å². The van der Waals surface area contributed by atoms with E-state index in [0.717, 1.165) is 31.5 Å². The summed E-state index contributed by atoms with van der Waals surface area (Å²) < 4.78 is 0.622. The fourth-order valence-electron chi connectivity index (χ4n) is 2.71. The average molecular weight is 335 g/mol. The number of ketones is 2. The molecular formula is C15H15BrN2O2. The monoisotopic (exact) mass is 334 g/mol. The van der Waals surface area contributed by atoms with Crippen molar-refractivity contribution < 1.29 is 9.59 Å². The minimum absolute atomic E-state index is 0.122. The Morgan fingerprint density at radius 1 is 1.20 bits per heavy atom. The number of rotatable bonds is 1. The van der Waals surface area contributed by atoms with Crippen molar-refractivity contribution >= 4 is 27.5 Å². The lowest BCUT2D eigenvalue weighted by Crippen LogP contribution is -2.35. The van der Waals surface area contributed by atoms with Crippen molar-refractivity contribution in [2.24, 2.45) is 0 Å². The largest absolute Gasteiger partial charge is 0.368 e. The highest BCUT2D eigenvalue weighted by Gasteiger charge is 2.31. The maximum Gasteiger partial charge on any atom is 0.228 e. The zero-order valence-electron chi connectivity index (χ0n) is 11.3. The number of aryl methyl sites for hydroxylation is 1. The Bertz CT molecular complexity index is 631. The van der Waals surface area contributed by atoms with Crippen molar-refractivity contribution in [1.82, 2.24) is 9.88 Å². The first-order chi connectivity index (χ1) is 9.58. The van der Waals surface area contributed by atoms with Gasteiger partial charge in [0.05, 0.1) is 11.3 Å². The number of hydrogen-bond acceptors (Lipinski definition) is 4. The van der Waals surface area contributed by atoms with Crippen LogP contribution in [0.15, 0.2) is 22.4 Å². The Morgan fingerprint density at radius 2 is 1.90 bits per heavy atom. The van der Waals surface area contributed by atoms with Crippen LogP contribution >= 0.6 is 15.9 Å². The number of hydrogen-bond donors (Lipinski definition) is 0. The van der Waals surface area contributed by atoms with Crippen LogP contribution in [0.1, 0.15) is 45.7 Å². The molecule has 4 nitrogen and oxygen atoms in total. The van der Waals surface area contributed by atoms with Gasteiger partial charge in [0.1, 0.15) is 10.3 Å². The normalized spacial score (nSPS) is 18.9. The van der Waals surface area contributed by atoms with Gasteiger partial charge in [-0.2, -0.15) is 0 Å². The smallest absolute Gasteiger partial charge is 0.228 e. The van der Waals surface area contributed by atoms with Crippen molar-refractivity contribution in [2.75, 3.05) is 13.1 Å². The summed E-state index contributed by atoms with van der Waals surface area (Å²) in [6.07, 6.45) is 4.80. The number of Topliss-reactive ketones (excluding diaryl/α,β-unsaturated/α-hetero) is 1. The predicted octanol–water partition coefficient (Wildman–Crippen LogP) is 2.90. The number of aromatic nitrogens is 1. The van der Waals surface area contributed by atoms with E-state index in [1.807, 2.05) is 11.8 Å². The summed E-state index contributed by atoms with van der Waals surface area (Å²) in [4.78, 5) is 31.1. The number of likely N-dealkylation sites (tertiary alicyclic amines) is 1. The van der Waals surface area contributed by atoms with Gasteiger partial charge in [0.15, 0.2) is 5.78 Å². The van der Waals surface area contributed by atoms with E-state index in [2.05, 4.69) is 20.9 Å². The Kier molecular flexibility index (Phi) is 3.46. The van der Waals surface area contributed by atoms with Gasteiger partial charge in [-0.1, -0.05) is 0 Å². The number of allylic oxidation sites excluding steroid dienone is 2. The number of halogens is 1. The van der Waals surface area contributed by atoms with E-state index in [4.69, 9.17) is 0 Å². The molecule has 0 unspecified atom stereocenters. The van der Waals surface area contributed by atoms with E-state index < -0.39 is 0 Å². The standard InChI is InChI=1S/C15H15BrN2O2/c1-9-7-10-12(19)8-11(18-5-3-2-4-6-18)14(20)13(10)17-15(9)16/h7-8H,2-6H2,1H3. The van der Waals surface area contributed by atoms with Crippen LogP contribution in [0.3, 0.4) is 0 Å². The summed E-state index contributed by atoms with van der Waals surface area (Å²) in [7, 11) is 0. The third-order valence-electron chi connectivity index (χ3n) is 3.83. The molecule has 1 saturated heterocycles. The molecule has 1 aliphatic carbocycles. The molecule has 2 aliphatic rings. The summed E-state index contributed by atoms with van der Waals surface area (Å²) in [6, 6.07) is 1.73. The molecule has 2 heterocycles. The summed E-state index contributed by atoms with van der Waals surface area (Å²) in [5.74, 6) is -0.259. The Labute approximate surface area is 126 Å². The molecule has 0 N–H and O–H groups in total. The van der Waals surface area contributed by atoms with Crippen molar-refractivity contribution in [2.45, 2.75) is 26.2 Å². The fourth-order valence-corrected chi connectivity index (χ4v) is 3.00. The van der Waals surface area contributed by atoms with Crippen molar-refractivity contribution in [3.63, 3.8) is 0 Å². The van der Waals surface area contributed by atoms with Crippen LogP contribution in [0.5, 0.6) is 0 Å². The molecule has 5 heteroatoms. The van der Waals surface area contributed by atoms with Crippen LogP contribution in [-0.4, -0.2) is 34.5 Å². The molecule has 0 saturated carbocycles. The zero-order valence-corrected chi connectivity index (χ0v) is 12.9. The van der Waals surface area contributed by atoms with Crippen LogP contribution in [0, 0.1) is 6.92 Å². The molecule has 1 aliphatic heterocycles. The van der Waals surface area contributed by atoms with Gasteiger partial charge in [0.25, 0.3) is 0 Å². The SMILES string of the molecule is Cc1cc2c(nc1Br)C(=O)C(N1CCCCC1)=CC2=O. The first-order valence-corrected chi connectivity index (χ1v) is 7.60. The fraction of sp³-hybridized carbons (Fsp3) is 0.400. The lowest BCUT2D eigenvalue weighted by atomic mass is 9.94. The quantitative estimate of drug-likeness (QED) is 0.741. The molecular weight excluding hydrogens is 320 g/mol. The van der Waals surface area contributed by atoms with E-state index >= 15 is 0 Å². The predicted molar refractivity (Wildman–Crippen MR) is 78.8 cm³/mol. The first kappa shape index (κ1) is 13.5. The number of nitrogens with zero attached hydrogens (tertiary/aromatic N) is 2. The summed E-state index contributed by atoms with van der Waals surface area (Å²) in [5, 5.41) is 0. The van der Waals surface area contributed by atoms with E-state index in [0.29, 0.717) is 15.9 Å². The van der Waals surface area contributed by atoms with Gasteiger partial charge in [0, 0.05) is 19.2 Å². The molecule has 0 bridgehead atoms. The molecule has 3 rings (SSSR count). The Morgan fingerprint density at radius 3 is 2.60 bits per heavy atom. The second-order valence-electron chi connectivity index (χ2n) is 5.26. The highest BCUT2D eigenvalue weighted by atomic mass is 79.9. The van der Waals surface area contributed by atoms with Gasteiger partial charge in [-0.25, -0.2) is 4.98 Å². The van der Waals surface area contributed by atoms with E-state index in [-0.39, 0.29) is 17.3 Å². The lowest BCUT2D eigenvalue weighted by Gasteiger charge is -2.31. The molecule has 0 spiro atoms. The topological polar surface area (TPSA) is 50.3 Å². The highest BCUT2D eigenvalue weighted by molar-refractivity contribution is 9.10. The molecule has 0 atom stereocenters. The van der Waals surface area contributed by atoms with Crippen LogP contribution in [0.4, 0.5) is 0 Å². The second kappa shape index (κ2) is 5.13. The zero-order chi connectivity index (χ0) is 14.3. The van der Waals surface area contributed by atoms with E-state index in [1.54, 1.807) is 6.07 Å². The third kappa shape index (κ3) is 2.20. The van der Waals surface area contributed by atoms with Crippen LogP contribution in [-0.2, 0) is 0 Å². The van der Waals surface area contributed by atoms with Gasteiger partial charge < -0.3 is 4.90 Å². The number of pyridine rings is 1. The molecule has 0 radical (unpaired) electrons. The molecule has 0 aromatic carbocycles. The van der Waals surface area contributed by atoms with Crippen LogP contribution < -0.4 is 0 Å². The van der Waals surface area contributed by atoms with Gasteiger partial charge in [-0.05, 0) is 53.7 Å². The highest BCUT2D eigenvalue weighted by Crippen LogP contribution is 2.27. The first-order valence-electron chi connectivity index (χ1n) is 6.81. The maximum atomic E-state index is 12.6. The molecule has 20 heavy (non-hydrogen) atoms. The minimum atomic E-state index is -0.137. The van der Waals surface area contributed by atoms with Gasteiger partial charge in [-0.3, -0.25) is 9.59 Å². The van der Waals surface area contributed by atoms with Crippen LogP contribution in [0.25, 0.3) is 0 Å². The van der Waals surface area contributed by atoms with Crippen molar-refractivity contribution in [3.8, 4) is 0 Å². The lowest BCUT2D eigenvalue weighted by molar-refractivity contribution is 0.0939. The van der Waals surface area contributed by atoms with Crippen LogP contribution in [0.2, 0.25) is 0 Å². The Hall–Kier alpha value is -1.49. The molecule has 0 amide bonds. The van der Waals surface area contributed by atoms with Gasteiger partial charge >= 0.3 is 0 Å². The van der Waals surface area contributed by atoms with E-state index in [1.165, 1.54) is 12.5 Å². The van der Waals surface area contributed by atoms with Gasteiger partial charge in [-0.15, -0.1) is 0 Å². The number of carbonyl (C=O) groups is 2. The van der Waals surface area contributed by atoms with Gasteiger partial charge in [0.2, 0.25) is 5.78 Å². The minimum Gasteiger partial charge on any atom is -0.368 e. The molecule has 1 aromatic rings. The number of carbonyl (C=O) groups excluding carboxylic acids is 2. The molecule has 1 fully saturated rings. The number of piperidine rings is 1.